The number of hydrogen-bond donors (Lipinski definition) is 1. The second-order valence-electron chi connectivity index (χ2n) is 5.07. The van der Waals surface area contributed by atoms with Crippen molar-refractivity contribution in [2.45, 2.75) is 52.9 Å². The monoisotopic (exact) mass is 272 g/mol. The molecule has 0 bridgehead atoms. The number of carbonyl (C=O) groups is 1. The summed E-state index contributed by atoms with van der Waals surface area (Å²) in [6.45, 7) is 12.4. The summed E-state index contributed by atoms with van der Waals surface area (Å²) in [4.78, 5) is 15.4. The van der Waals surface area contributed by atoms with E-state index in [2.05, 4.69) is 30.6 Å². The molecule has 0 unspecified atom stereocenters. The zero-order valence-corrected chi connectivity index (χ0v) is 13.0. The van der Waals surface area contributed by atoms with Crippen LogP contribution in [-0.2, 0) is 4.79 Å². The lowest BCUT2D eigenvalue weighted by Gasteiger charge is -2.25. The van der Waals surface area contributed by atoms with Crippen molar-refractivity contribution < 1.29 is 9.90 Å². The number of likely N-dealkylation sites (N-methyl/N-ethyl adjacent to an activating group) is 1. The average molecular weight is 272 g/mol. The molecule has 0 aliphatic carbocycles. The Balaban J connectivity index is 3.97. The Hall–Kier alpha value is -0.610. The first-order chi connectivity index (χ1) is 9.13. The Morgan fingerprint density at radius 3 is 2.00 bits per heavy atom. The number of nitrogens with zero attached hydrogens (tertiary/aromatic N) is 2. The van der Waals surface area contributed by atoms with E-state index in [-0.39, 0.29) is 6.42 Å². The highest BCUT2D eigenvalue weighted by Gasteiger charge is 2.09. The van der Waals surface area contributed by atoms with Crippen molar-refractivity contribution >= 4 is 5.97 Å². The van der Waals surface area contributed by atoms with Gasteiger partial charge in [0.2, 0.25) is 0 Å². The Kier molecular flexibility index (Phi) is 12.0. The quantitative estimate of drug-likeness (QED) is 0.524. The summed E-state index contributed by atoms with van der Waals surface area (Å²) in [5, 5.41) is 8.80. The standard InChI is InChI=1S/C15H32N2O2/c1-4-7-8-9-11-17(12-10-15(18)19)14-13-16(5-2)6-3/h4-14H2,1-3H3,(H,18,19). The zero-order valence-electron chi connectivity index (χ0n) is 13.0. The molecule has 0 amide bonds. The number of rotatable bonds is 13. The van der Waals surface area contributed by atoms with Crippen LogP contribution in [0.2, 0.25) is 0 Å². The molecule has 4 nitrogen and oxygen atoms in total. The van der Waals surface area contributed by atoms with E-state index in [1.165, 1.54) is 25.7 Å². The molecule has 0 saturated carbocycles. The third kappa shape index (κ3) is 11.0. The Labute approximate surface area is 118 Å². The summed E-state index contributed by atoms with van der Waals surface area (Å²) in [7, 11) is 0. The molecule has 0 aromatic heterocycles. The lowest BCUT2D eigenvalue weighted by Crippen LogP contribution is -2.36. The summed E-state index contributed by atoms with van der Waals surface area (Å²) in [6.07, 6.45) is 5.22. The SMILES string of the molecule is CCCCCCN(CCC(=O)O)CCN(CC)CC. The molecule has 114 valence electrons. The van der Waals surface area contributed by atoms with Crippen LogP contribution in [0.15, 0.2) is 0 Å². The predicted octanol–water partition coefficient (Wildman–Crippen LogP) is 2.69. The summed E-state index contributed by atoms with van der Waals surface area (Å²) >= 11 is 0. The van der Waals surface area contributed by atoms with Crippen molar-refractivity contribution in [1.82, 2.24) is 9.80 Å². The van der Waals surface area contributed by atoms with Gasteiger partial charge in [-0.3, -0.25) is 4.79 Å². The first-order valence-corrected chi connectivity index (χ1v) is 7.80. The van der Waals surface area contributed by atoms with Gasteiger partial charge in [0.1, 0.15) is 0 Å². The number of unbranched alkanes of at least 4 members (excludes halogenated alkanes) is 3. The smallest absolute Gasteiger partial charge is 0.304 e. The van der Waals surface area contributed by atoms with Gasteiger partial charge < -0.3 is 14.9 Å². The van der Waals surface area contributed by atoms with Gasteiger partial charge in [-0.25, -0.2) is 0 Å². The molecular formula is C15H32N2O2. The van der Waals surface area contributed by atoms with Crippen LogP contribution in [0.1, 0.15) is 52.9 Å². The first kappa shape index (κ1) is 18.4. The zero-order chi connectivity index (χ0) is 14.5. The van der Waals surface area contributed by atoms with E-state index in [0.717, 1.165) is 32.7 Å². The highest BCUT2D eigenvalue weighted by Crippen LogP contribution is 2.03. The van der Waals surface area contributed by atoms with Crippen LogP contribution in [-0.4, -0.2) is 60.1 Å². The van der Waals surface area contributed by atoms with Crippen molar-refractivity contribution in [3.8, 4) is 0 Å². The topological polar surface area (TPSA) is 43.8 Å². The first-order valence-electron chi connectivity index (χ1n) is 7.80. The summed E-state index contributed by atoms with van der Waals surface area (Å²) < 4.78 is 0. The van der Waals surface area contributed by atoms with Crippen molar-refractivity contribution in [1.29, 1.82) is 0 Å². The van der Waals surface area contributed by atoms with Gasteiger partial charge in [0.05, 0.1) is 6.42 Å². The van der Waals surface area contributed by atoms with Gasteiger partial charge in [-0.1, -0.05) is 40.0 Å². The van der Waals surface area contributed by atoms with Gasteiger partial charge in [0, 0.05) is 19.6 Å². The molecule has 1 N–H and O–H groups in total. The molecule has 0 rings (SSSR count). The van der Waals surface area contributed by atoms with E-state index in [9.17, 15) is 4.79 Å². The number of carboxylic acids is 1. The minimum absolute atomic E-state index is 0.256. The Morgan fingerprint density at radius 2 is 1.47 bits per heavy atom. The fourth-order valence-corrected chi connectivity index (χ4v) is 2.17. The molecule has 0 spiro atoms. The summed E-state index contributed by atoms with van der Waals surface area (Å²) in [6, 6.07) is 0. The molecule has 4 heteroatoms. The molecule has 0 heterocycles. The van der Waals surface area contributed by atoms with E-state index in [4.69, 9.17) is 5.11 Å². The summed E-state index contributed by atoms with van der Waals surface area (Å²) in [5.74, 6) is -0.693. The van der Waals surface area contributed by atoms with Crippen molar-refractivity contribution in [3.63, 3.8) is 0 Å². The maximum atomic E-state index is 10.7. The van der Waals surface area contributed by atoms with Gasteiger partial charge in [0.25, 0.3) is 0 Å². The van der Waals surface area contributed by atoms with Crippen LogP contribution >= 0.6 is 0 Å². The third-order valence-corrected chi connectivity index (χ3v) is 3.60. The van der Waals surface area contributed by atoms with Crippen molar-refractivity contribution in [3.05, 3.63) is 0 Å². The van der Waals surface area contributed by atoms with Crippen LogP contribution in [0.3, 0.4) is 0 Å². The molecular weight excluding hydrogens is 240 g/mol. The Morgan fingerprint density at radius 1 is 0.842 bits per heavy atom. The van der Waals surface area contributed by atoms with Crippen LogP contribution in [0, 0.1) is 0 Å². The van der Waals surface area contributed by atoms with Gasteiger partial charge in [-0.15, -0.1) is 0 Å². The van der Waals surface area contributed by atoms with Gasteiger partial charge in [0.15, 0.2) is 0 Å². The van der Waals surface area contributed by atoms with E-state index >= 15 is 0 Å². The van der Waals surface area contributed by atoms with Gasteiger partial charge in [-0.2, -0.15) is 0 Å². The lowest BCUT2D eigenvalue weighted by atomic mass is 10.2. The molecule has 19 heavy (non-hydrogen) atoms. The largest absolute Gasteiger partial charge is 0.481 e. The van der Waals surface area contributed by atoms with E-state index in [1.807, 2.05) is 0 Å². The predicted molar refractivity (Wildman–Crippen MR) is 80.6 cm³/mol. The number of hydrogen-bond acceptors (Lipinski definition) is 3. The maximum absolute atomic E-state index is 10.7. The number of carboxylic acid groups (broad SMARTS) is 1. The van der Waals surface area contributed by atoms with Crippen LogP contribution in [0.4, 0.5) is 0 Å². The van der Waals surface area contributed by atoms with Crippen molar-refractivity contribution in [2.75, 3.05) is 39.3 Å². The second-order valence-corrected chi connectivity index (χ2v) is 5.07. The van der Waals surface area contributed by atoms with Crippen molar-refractivity contribution in [2.24, 2.45) is 0 Å². The highest BCUT2D eigenvalue weighted by molar-refractivity contribution is 5.66. The molecule has 0 atom stereocenters. The fraction of sp³-hybridized carbons (Fsp3) is 0.933. The third-order valence-electron chi connectivity index (χ3n) is 3.60. The molecule has 0 aromatic carbocycles. The van der Waals surface area contributed by atoms with Crippen LogP contribution in [0.25, 0.3) is 0 Å². The molecule has 0 fully saturated rings. The normalized spacial score (nSPS) is 11.4. The van der Waals surface area contributed by atoms with Gasteiger partial charge >= 0.3 is 5.97 Å². The highest BCUT2D eigenvalue weighted by atomic mass is 16.4. The molecule has 0 saturated heterocycles. The second kappa shape index (κ2) is 12.4. The fourth-order valence-electron chi connectivity index (χ4n) is 2.17. The van der Waals surface area contributed by atoms with E-state index < -0.39 is 5.97 Å². The Bertz CT molecular complexity index is 218. The molecule has 0 radical (unpaired) electrons. The molecule has 0 aliphatic rings. The van der Waals surface area contributed by atoms with E-state index in [0.29, 0.717) is 6.54 Å². The molecule has 0 aliphatic heterocycles. The lowest BCUT2D eigenvalue weighted by molar-refractivity contribution is -0.137. The minimum Gasteiger partial charge on any atom is -0.481 e. The van der Waals surface area contributed by atoms with Crippen LogP contribution in [0.5, 0.6) is 0 Å². The summed E-state index contributed by atoms with van der Waals surface area (Å²) in [5.41, 5.74) is 0. The number of aliphatic carboxylic acids is 1. The molecule has 0 aromatic rings. The maximum Gasteiger partial charge on any atom is 0.304 e. The van der Waals surface area contributed by atoms with Crippen LogP contribution < -0.4 is 0 Å². The van der Waals surface area contributed by atoms with E-state index in [1.54, 1.807) is 0 Å². The van der Waals surface area contributed by atoms with Gasteiger partial charge in [-0.05, 0) is 26.1 Å². The minimum atomic E-state index is -0.693. The average Bonchev–Trinajstić information content (AvgIpc) is 2.40.